The number of benzene rings is 2. The van der Waals surface area contributed by atoms with Crippen molar-refractivity contribution in [2.24, 2.45) is 11.5 Å². The van der Waals surface area contributed by atoms with E-state index < -0.39 is 5.91 Å². The molecule has 1 aromatic heterocycles. The molecule has 1 aliphatic heterocycles. The fourth-order valence-corrected chi connectivity index (χ4v) is 5.17. The molecule has 1 aliphatic carbocycles. The normalized spacial score (nSPS) is 19.1. The Hall–Kier alpha value is -3.69. The second-order valence-corrected chi connectivity index (χ2v) is 10.1. The summed E-state index contributed by atoms with van der Waals surface area (Å²) < 4.78 is 0. The second-order valence-electron chi connectivity index (χ2n) is 9.61. The van der Waals surface area contributed by atoms with Gasteiger partial charge in [0.25, 0.3) is 11.8 Å². The Balaban J connectivity index is 1.36. The number of anilines is 3. The van der Waals surface area contributed by atoms with E-state index in [0.29, 0.717) is 35.4 Å². The molecule has 2 aromatic carbocycles. The Morgan fingerprint density at radius 2 is 1.92 bits per heavy atom. The number of fused-ring (bicyclic) bond motifs is 1. The Morgan fingerprint density at radius 1 is 1.08 bits per heavy atom. The zero-order valence-electron chi connectivity index (χ0n) is 20.4. The van der Waals surface area contributed by atoms with Gasteiger partial charge in [-0.05, 0) is 60.7 Å². The zero-order chi connectivity index (χ0) is 25.9. The maximum atomic E-state index is 13.0. The summed E-state index contributed by atoms with van der Waals surface area (Å²) in [6.45, 7) is 1.09. The van der Waals surface area contributed by atoms with Crippen LogP contribution in [0.1, 0.15) is 57.5 Å². The van der Waals surface area contributed by atoms with Gasteiger partial charge < -0.3 is 27.0 Å². The van der Waals surface area contributed by atoms with Crippen molar-refractivity contribution in [1.29, 1.82) is 0 Å². The number of primary amides is 1. The maximum absolute atomic E-state index is 13.0. The van der Waals surface area contributed by atoms with Crippen LogP contribution in [0.3, 0.4) is 0 Å². The number of nitrogens with one attached hydrogen (secondary N) is 2. The molecule has 1 saturated carbocycles. The number of carbonyl (C=O) groups excluding carboxylic acids is 2. The molecule has 1 fully saturated rings. The molecule has 2 aliphatic rings. The maximum Gasteiger partial charge on any atom is 0.254 e. The van der Waals surface area contributed by atoms with Crippen molar-refractivity contribution in [3.8, 4) is 0 Å². The van der Waals surface area contributed by atoms with Gasteiger partial charge in [-0.3, -0.25) is 9.59 Å². The van der Waals surface area contributed by atoms with Crippen LogP contribution < -0.4 is 22.1 Å². The van der Waals surface area contributed by atoms with Crippen molar-refractivity contribution >= 4 is 40.9 Å². The highest BCUT2D eigenvalue weighted by atomic mass is 35.5. The standard InChI is InChI=1S/C27H30ClN7O2/c28-19-5-3-4-17(12-19)26(37)35-11-10-16-8-9-20(13-18(16)15-35)32-25-21(24(30)36)14-31-27(34-25)33-23-7-2-1-6-22(23)29/h3-5,8-9,12-14,22-23H,1-2,6-7,10-11,15,29H2,(H2,30,36)(H2,31,32,33,34). The van der Waals surface area contributed by atoms with Crippen LogP contribution in [-0.4, -0.2) is 45.3 Å². The Morgan fingerprint density at radius 3 is 2.70 bits per heavy atom. The number of rotatable bonds is 6. The third-order valence-electron chi connectivity index (χ3n) is 7.03. The summed E-state index contributed by atoms with van der Waals surface area (Å²) in [4.78, 5) is 35.8. The summed E-state index contributed by atoms with van der Waals surface area (Å²) in [5, 5.41) is 7.08. The summed E-state index contributed by atoms with van der Waals surface area (Å²) in [7, 11) is 0. The Bertz CT molecular complexity index is 1330. The molecule has 2 atom stereocenters. The van der Waals surface area contributed by atoms with E-state index in [1.165, 1.54) is 11.8 Å². The number of halogens is 1. The van der Waals surface area contributed by atoms with Crippen molar-refractivity contribution in [1.82, 2.24) is 14.9 Å². The van der Waals surface area contributed by atoms with Gasteiger partial charge in [0.2, 0.25) is 5.95 Å². The lowest BCUT2D eigenvalue weighted by Crippen LogP contribution is -2.43. The third-order valence-corrected chi connectivity index (χ3v) is 7.26. The van der Waals surface area contributed by atoms with Gasteiger partial charge in [-0.15, -0.1) is 0 Å². The Labute approximate surface area is 220 Å². The molecule has 9 nitrogen and oxygen atoms in total. The molecule has 2 unspecified atom stereocenters. The van der Waals surface area contributed by atoms with Crippen LogP contribution in [0.25, 0.3) is 0 Å². The van der Waals surface area contributed by atoms with Gasteiger partial charge in [0, 0.05) is 47.6 Å². The molecule has 3 aromatic rings. The number of hydrogen-bond acceptors (Lipinski definition) is 7. The van der Waals surface area contributed by atoms with Gasteiger partial charge in [-0.2, -0.15) is 4.98 Å². The molecule has 6 N–H and O–H groups in total. The molecule has 192 valence electrons. The number of amides is 2. The van der Waals surface area contributed by atoms with Gasteiger partial charge in [-0.25, -0.2) is 4.98 Å². The molecule has 2 heterocycles. The van der Waals surface area contributed by atoms with E-state index in [2.05, 4.69) is 20.6 Å². The highest BCUT2D eigenvalue weighted by Crippen LogP contribution is 2.27. The van der Waals surface area contributed by atoms with Gasteiger partial charge in [0.1, 0.15) is 11.4 Å². The number of hydrogen-bond donors (Lipinski definition) is 4. The summed E-state index contributed by atoms with van der Waals surface area (Å²) in [6, 6.07) is 13.0. The highest BCUT2D eigenvalue weighted by Gasteiger charge is 2.24. The van der Waals surface area contributed by atoms with Gasteiger partial charge in [-0.1, -0.05) is 36.6 Å². The molecule has 0 saturated heterocycles. The van der Waals surface area contributed by atoms with Crippen molar-refractivity contribution in [2.45, 2.75) is 50.7 Å². The van der Waals surface area contributed by atoms with E-state index in [-0.39, 0.29) is 23.6 Å². The van der Waals surface area contributed by atoms with Crippen LogP contribution in [0.4, 0.5) is 17.5 Å². The number of carbonyl (C=O) groups is 2. The van der Waals surface area contributed by atoms with Gasteiger partial charge in [0.15, 0.2) is 0 Å². The van der Waals surface area contributed by atoms with E-state index in [0.717, 1.165) is 43.4 Å². The molecule has 2 amide bonds. The summed E-state index contributed by atoms with van der Waals surface area (Å²) in [6.07, 6.45) is 6.29. The van der Waals surface area contributed by atoms with E-state index in [9.17, 15) is 9.59 Å². The average Bonchev–Trinajstić information content (AvgIpc) is 2.89. The van der Waals surface area contributed by atoms with E-state index in [1.54, 1.807) is 24.3 Å². The van der Waals surface area contributed by atoms with Crippen LogP contribution in [0.15, 0.2) is 48.7 Å². The van der Waals surface area contributed by atoms with Gasteiger partial charge in [0.05, 0.1) is 0 Å². The van der Waals surface area contributed by atoms with Crippen LogP contribution in [0.2, 0.25) is 5.02 Å². The predicted octanol–water partition coefficient (Wildman–Crippen LogP) is 3.85. The molecule has 10 heteroatoms. The van der Waals surface area contributed by atoms with Crippen molar-refractivity contribution in [3.63, 3.8) is 0 Å². The molecule has 37 heavy (non-hydrogen) atoms. The SMILES string of the molecule is NC(=O)c1cnc(NC2CCCCC2N)nc1Nc1ccc2c(c1)CN(C(=O)c1cccc(Cl)c1)CC2. The first kappa shape index (κ1) is 25.0. The van der Waals surface area contributed by atoms with Crippen molar-refractivity contribution in [3.05, 3.63) is 75.9 Å². The smallest absolute Gasteiger partial charge is 0.254 e. The molecular weight excluding hydrogens is 490 g/mol. The van der Waals surface area contributed by atoms with Crippen LogP contribution in [-0.2, 0) is 13.0 Å². The first-order chi connectivity index (χ1) is 17.9. The second kappa shape index (κ2) is 10.7. The summed E-state index contributed by atoms with van der Waals surface area (Å²) in [5.74, 6) is 0.0257. The monoisotopic (exact) mass is 519 g/mol. The minimum atomic E-state index is -0.625. The van der Waals surface area contributed by atoms with Crippen LogP contribution in [0.5, 0.6) is 0 Å². The average molecular weight is 520 g/mol. The summed E-state index contributed by atoms with van der Waals surface area (Å²) in [5.41, 5.74) is 15.5. The van der Waals surface area contributed by atoms with Crippen LogP contribution in [0, 0.1) is 0 Å². The lowest BCUT2D eigenvalue weighted by Gasteiger charge is -2.30. The quantitative estimate of drug-likeness (QED) is 0.388. The molecule has 0 spiro atoms. The first-order valence-corrected chi connectivity index (χ1v) is 12.9. The fraction of sp³-hybridized carbons (Fsp3) is 0.333. The molecule has 5 rings (SSSR count). The predicted molar refractivity (Wildman–Crippen MR) is 144 cm³/mol. The fourth-order valence-electron chi connectivity index (χ4n) is 4.98. The number of nitrogens with two attached hydrogens (primary N) is 2. The third kappa shape index (κ3) is 5.68. The molecule has 0 radical (unpaired) electrons. The first-order valence-electron chi connectivity index (χ1n) is 12.5. The Kier molecular flexibility index (Phi) is 7.25. The zero-order valence-corrected chi connectivity index (χ0v) is 21.2. The highest BCUT2D eigenvalue weighted by molar-refractivity contribution is 6.30. The van der Waals surface area contributed by atoms with E-state index in [4.69, 9.17) is 23.1 Å². The molecular formula is C27H30ClN7O2. The van der Waals surface area contributed by atoms with E-state index >= 15 is 0 Å². The number of aromatic nitrogens is 2. The minimum Gasteiger partial charge on any atom is -0.365 e. The lowest BCUT2D eigenvalue weighted by molar-refractivity contribution is 0.0734. The minimum absolute atomic E-state index is 0.0304. The topological polar surface area (TPSA) is 139 Å². The van der Waals surface area contributed by atoms with Crippen LogP contribution >= 0.6 is 11.6 Å². The van der Waals surface area contributed by atoms with E-state index in [1.807, 2.05) is 23.1 Å². The largest absolute Gasteiger partial charge is 0.365 e. The van der Waals surface area contributed by atoms with Crippen molar-refractivity contribution < 1.29 is 9.59 Å². The van der Waals surface area contributed by atoms with Crippen molar-refractivity contribution in [2.75, 3.05) is 17.2 Å². The number of nitrogens with zero attached hydrogens (tertiary/aromatic N) is 3. The molecule has 0 bridgehead atoms. The lowest BCUT2D eigenvalue weighted by atomic mass is 9.91. The summed E-state index contributed by atoms with van der Waals surface area (Å²) >= 11 is 6.08. The van der Waals surface area contributed by atoms with Gasteiger partial charge >= 0.3 is 0 Å².